The SMILES string of the molecule is NCCCC1CCN(CC2COC2)C1. The zero-order valence-corrected chi connectivity index (χ0v) is 8.95. The van der Waals surface area contributed by atoms with Gasteiger partial charge in [0.15, 0.2) is 0 Å². The topological polar surface area (TPSA) is 38.5 Å². The molecule has 0 aliphatic carbocycles. The van der Waals surface area contributed by atoms with Crippen molar-refractivity contribution in [1.82, 2.24) is 4.90 Å². The van der Waals surface area contributed by atoms with Gasteiger partial charge in [-0.15, -0.1) is 0 Å². The average molecular weight is 198 g/mol. The zero-order chi connectivity index (χ0) is 9.80. The molecule has 0 bridgehead atoms. The van der Waals surface area contributed by atoms with Gasteiger partial charge in [0.2, 0.25) is 0 Å². The first-order valence-corrected chi connectivity index (χ1v) is 5.88. The molecule has 0 aromatic heterocycles. The number of rotatable bonds is 5. The highest BCUT2D eigenvalue weighted by molar-refractivity contribution is 4.79. The van der Waals surface area contributed by atoms with E-state index in [1.165, 1.54) is 38.9 Å². The fourth-order valence-corrected chi connectivity index (χ4v) is 2.48. The maximum Gasteiger partial charge on any atom is 0.0528 e. The molecule has 3 nitrogen and oxygen atoms in total. The van der Waals surface area contributed by atoms with Gasteiger partial charge in [0.05, 0.1) is 13.2 Å². The molecule has 0 aromatic rings. The fourth-order valence-electron chi connectivity index (χ4n) is 2.48. The Bertz CT molecular complexity index is 171. The number of ether oxygens (including phenoxy) is 1. The molecule has 14 heavy (non-hydrogen) atoms. The highest BCUT2D eigenvalue weighted by atomic mass is 16.5. The number of nitrogens with zero attached hydrogens (tertiary/aromatic N) is 1. The first-order valence-electron chi connectivity index (χ1n) is 5.88. The first-order chi connectivity index (χ1) is 6.88. The van der Waals surface area contributed by atoms with Crippen molar-refractivity contribution >= 4 is 0 Å². The monoisotopic (exact) mass is 198 g/mol. The maximum atomic E-state index is 5.52. The molecule has 0 saturated carbocycles. The Hall–Kier alpha value is -0.120. The third kappa shape index (κ3) is 2.69. The van der Waals surface area contributed by atoms with Crippen LogP contribution in [0.15, 0.2) is 0 Å². The minimum absolute atomic E-state index is 0.822. The van der Waals surface area contributed by atoms with E-state index < -0.39 is 0 Å². The summed E-state index contributed by atoms with van der Waals surface area (Å²) < 4.78 is 5.19. The van der Waals surface area contributed by atoms with E-state index in [2.05, 4.69) is 4.90 Å². The second-order valence-electron chi connectivity index (χ2n) is 4.75. The summed E-state index contributed by atoms with van der Waals surface area (Å²) in [4.78, 5) is 2.61. The third-order valence-electron chi connectivity index (χ3n) is 3.41. The third-order valence-corrected chi connectivity index (χ3v) is 3.41. The summed E-state index contributed by atoms with van der Waals surface area (Å²) in [5.41, 5.74) is 5.52. The summed E-state index contributed by atoms with van der Waals surface area (Å²) in [6.07, 6.45) is 3.91. The summed E-state index contributed by atoms with van der Waals surface area (Å²) in [6, 6.07) is 0. The molecule has 1 atom stereocenters. The highest BCUT2D eigenvalue weighted by Crippen LogP contribution is 2.23. The molecule has 82 valence electrons. The molecular formula is C11H22N2O. The lowest BCUT2D eigenvalue weighted by Crippen LogP contribution is -2.38. The quantitative estimate of drug-likeness (QED) is 0.706. The normalized spacial score (nSPS) is 29.4. The van der Waals surface area contributed by atoms with Crippen LogP contribution in [0.1, 0.15) is 19.3 Å². The van der Waals surface area contributed by atoms with Gasteiger partial charge in [-0.25, -0.2) is 0 Å². The molecule has 2 aliphatic rings. The smallest absolute Gasteiger partial charge is 0.0528 e. The molecule has 2 saturated heterocycles. The second-order valence-corrected chi connectivity index (χ2v) is 4.75. The summed E-state index contributed by atoms with van der Waals surface area (Å²) in [5, 5.41) is 0. The van der Waals surface area contributed by atoms with Gasteiger partial charge in [-0.2, -0.15) is 0 Å². The van der Waals surface area contributed by atoms with E-state index in [4.69, 9.17) is 10.5 Å². The van der Waals surface area contributed by atoms with Crippen LogP contribution in [0, 0.1) is 11.8 Å². The van der Waals surface area contributed by atoms with Gasteiger partial charge in [0.25, 0.3) is 0 Å². The number of nitrogens with two attached hydrogens (primary N) is 1. The van der Waals surface area contributed by atoms with E-state index >= 15 is 0 Å². The van der Waals surface area contributed by atoms with Gasteiger partial charge >= 0.3 is 0 Å². The van der Waals surface area contributed by atoms with E-state index in [0.29, 0.717) is 0 Å². The van der Waals surface area contributed by atoms with Crippen LogP contribution in [0.5, 0.6) is 0 Å². The van der Waals surface area contributed by atoms with Crippen LogP contribution < -0.4 is 5.73 Å². The molecule has 2 heterocycles. The van der Waals surface area contributed by atoms with Gasteiger partial charge in [-0.1, -0.05) is 0 Å². The zero-order valence-electron chi connectivity index (χ0n) is 8.95. The highest BCUT2D eigenvalue weighted by Gasteiger charge is 2.27. The predicted octanol–water partition coefficient (Wildman–Crippen LogP) is 0.694. The van der Waals surface area contributed by atoms with Crippen molar-refractivity contribution in [3.05, 3.63) is 0 Å². The minimum atomic E-state index is 0.822. The molecule has 0 spiro atoms. The van der Waals surface area contributed by atoms with Crippen molar-refractivity contribution in [2.24, 2.45) is 17.6 Å². The molecule has 0 aromatic carbocycles. The first kappa shape index (κ1) is 10.4. The van der Waals surface area contributed by atoms with Gasteiger partial charge in [-0.3, -0.25) is 0 Å². The van der Waals surface area contributed by atoms with Crippen LogP contribution >= 0.6 is 0 Å². The minimum Gasteiger partial charge on any atom is -0.381 e. The van der Waals surface area contributed by atoms with Crippen molar-refractivity contribution < 1.29 is 4.74 Å². The predicted molar refractivity (Wildman–Crippen MR) is 57.1 cm³/mol. The lowest BCUT2D eigenvalue weighted by atomic mass is 10.0. The summed E-state index contributed by atoms with van der Waals surface area (Å²) >= 11 is 0. The van der Waals surface area contributed by atoms with Crippen LogP contribution in [0.4, 0.5) is 0 Å². The molecule has 0 amide bonds. The molecule has 2 N–H and O–H groups in total. The lowest BCUT2D eigenvalue weighted by molar-refractivity contribution is -0.0443. The summed E-state index contributed by atoms with van der Waals surface area (Å²) in [5.74, 6) is 1.74. The number of hydrogen-bond donors (Lipinski definition) is 1. The van der Waals surface area contributed by atoms with Crippen LogP contribution in [0.3, 0.4) is 0 Å². The molecular weight excluding hydrogens is 176 g/mol. The summed E-state index contributed by atoms with van der Waals surface area (Å²) in [7, 11) is 0. The van der Waals surface area contributed by atoms with Crippen LogP contribution in [0.2, 0.25) is 0 Å². The molecule has 2 rings (SSSR count). The largest absolute Gasteiger partial charge is 0.381 e. The Morgan fingerprint density at radius 3 is 2.79 bits per heavy atom. The Labute approximate surface area is 86.6 Å². The standard InChI is InChI=1S/C11H22N2O/c12-4-1-2-10-3-5-13(6-10)7-11-8-14-9-11/h10-11H,1-9,12H2. The number of likely N-dealkylation sites (tertiary alicyclic amines) is 1. The molecule has 3 heteroatoms. The fraction of sp³-hybridized carbons (Fsp3) is 1.00. The molecule has 2 aliphatic heterocycles. The second kappa shape index (κ2) is 5.10. The van der Waals surface area contributed by atoms with E-state index in [1.54, 1.807) is 0 Å². The Kier molecular flexibility index (Phi) is 3.79. The van der Waals surface area contributed by atoms with Crippen molar-refractivity contribution in [3.63, 3.8) is 0 Å². The molecule has 1 unspecified atom stereocenters. The van der Waals surface area contributed by atoms with Gasteiger partial charge < -0.3 is 15.4 Å². The summed E-state index contributed by atoms with van der Waals surface area (Å²) in [6.45, 7) is 6.70. The van der Waals surface area contributed by atoms with E-state index in [-0.39, 0.29) is 0 Å². The molecule has 2 fully saturated rings. The lowest BCUT2D eigenvalue weighted by Gasteiger charge is -2.30. The maximum absolute atomic E-state index is 5.52. The van der Waals surface area contributed by atoms with Crippen molar-refractivity contribution in [3.8, 4) is 0 Å². The average Bonchev–Trinajstić information content (AvgIpc) is 2.56. The van der Waals surface area contributed by atoms with Gasteiger partial charge in [0, 0.05) is 19.0 Å². The van der Waals surface area contributed by atoms with E-state index in [1.807, 2.05) is 0 Å². The van der Waals surface area contributed by atoms with Crippen molar-refractivity contribution in [2.45, 2.75) is 19.3 Å². The van der Waals surface area contributed by atoms with Crippen LogP contribution in [-0.4, -0.2) is 44.3 Å². The molecule has 0 radical (unpaired) electrons. The van der Waals surface area contributed by atoms with Crippen molar-refractivity contribution in [1.29, 1.82) is 0 Å². The number of hydrogen-bond acceptors (Lipinski definition) is 3. The van der Waals surface area contributed by atoms with E-state index in [9.17, 15) is 0 Å². The Balaban J connectivity index is 1.61. The Morgan fingerprint density at radius 1 is 1.29 bits per heavy atom. The van der Waals surface area contributed by atoms with Gasteiger partial charge in [-0.05, 0) is 38.3 Å². The van der Waals surface area contributed by atoms with Crippen LogP contribution in [-0.2, 0) is 4.74 Å². The van der Waals surface area contributed by atoms with Gasteiger partial charge in [0.1, 0.15) is 0 Å². The van der Waals surface area contributed by atoms with E-state index in [0.717, 1.165) is 31.6 Å². The van der Waals surface area contributed by atoms with Crippen LogP contribution in [0.25, 0.3) is 0 Å². The Morgan fingerprint density at radius 2 is 2.14 bits per heavy atom. The van der Waals surface area contributed by atoms with Crippen molar-refractivity contribution in [2.75, 3.05) is 39.4 Å².